The molecule has 74 valence electrons. The number of benzene rings is 1. The maximum Gasteiger partial charge on any atom is 0.256 e. The molecule has 3 heteroatoms. The van der Waals surface area contributed by atoms with Crippen molar-refractivity contribution < 1.29 is 9.53 Å². The molecule has 1 aliphatic heterocycles. The molecule has 1 fully saturated rings. The topological polar surface area (TPSA) is 38.3 Å². The van der Waals surface area contributed by atoms with E-state index < -0.39 is 11.8 Å². The molecule has 2 rings (SSSR count). The standard InChI is InChI=1S/C11H13NO2/c1-11(2)12-10(13)9(14-11)8-6-4-3-5-7-8/h3-7,9H,1-2H3,(H,12,13)/t9-/m1/s1. The second kappa shape index (κ2) is 3.10. The van der Waals surface area contributed by atoms with Gasteiger partial charge in [0.25, 0.3) is 5.91 Å². The van der Waals surface area contributed by atoms with Gasteiger partial charge in [0.1, 0.15) is 5.72 Å². The van der Waals surface area contributed by atoms with Gasteiger partial charge in [-0.2, -0.15) is 0 Å². The second-order valence-electron chi connectivity index (χ2n) is 3.91. The van der Waals surface area contributed by atoms with Gasteiger partial charge in [0.05, 0.1) is 0 Å². The van der Waals surface area contributed by atoms with E-state index in [2.05, 4.69) is 5.32 Å². The van der Waals surface area contributed by atoms with Crippen LogP contribution in [0, 0.1) is 0 Å². The second-order valence-corrected chi connectivity index (χ2v) is 3.91. The van der Waals surface area contributed by atoms with Crippen LogP contribution in [0.3, 0.4) is 0 Å². The number of carbonyl (C=O) groups is 1. The Kier molecular flexibility index (Phi) is 2.04. The largest absolute Gasteiger partial charge is 0.339 e. The fourth-order valence-corrected chi connectivity index (χ4v) is 1.59. The van der Waals surface area contributed by atoms with Gasteiger partial charge in [-0.1, -0.05) is 30.3 Å². The zero-order valence-corrected chi connectivity index (χ0v) is 8.28. The van der Waals surface area contributed by atoms with Crippen molar-refractivity contribution in [1.82, 2.24) is 5.32 Å². The van der Waals surface area contributed by atoms with Gasteiger partial charge in [-0.25, -0.2) is 0 Å². The third-order valence-electron chi connectivity index (χ3n) is 2.18. The lowest BCUT2D eigenvalue weighted by Gasteiger charge is -2.17. The molecule has 0 spiro atoms. The summed E-state index contributed by atoms with van der Waals surface area (Å²) in [6.45, 7) is 3.68. The Bertz CT molecular complexity index is 346. The molecule has 3 nitrogen and oxygen atoms in total. The van der Waals surface area contributed by atoms with Crippen molar-refractivity contribution in [3.8, 4) is 0 Å². The van der Waals surface area contributed by atoms with Crippen LogP contribution in [-0.2, 0) is 9.53 Å². The molecule has 0 radical (unpaired) electrons. The fourth-order valence-electron chi connectivity index (χ4n) is 1.59. The monoisotopic (exact) mass is 191 g/mol. The van der Waals surface area contributed by atoms with Gasteiger partial charge < -0.3 is 10.1 Å². The van der Waals surface area contributed by atoms with Crippen LogP contribution in [-0.4, -0.2) is 11.6 Å². The summed E-state index contributed by atoms with van der Waals surface area (Å²) in [6.07, 6.45) is -0.466. The molecular formula is C11H13NO2. The van der Waals surface area contributed by atoms with Crippen LogP contribution in [0.1, 0.15) is 25.5 Å². The molecule has 1 aromatic carbocycles. The van der Waals surface area contributed by atoms with E-state index in [4.69, 9.17) is 4.74 Å². The quantitative estimate of drug-likeness (QED) is 0.732. The summed E-state index contributed by atoms with van der Waals surface area (Å²) in [7, 11) is 0. The molecule has 1 saturated heterocycles. The summed E-state index contributed by atoms with van der Waals surface area (Å²) in [6, 6.07) is 9.51. The van der Waals surface area contributed by atoms with Crippen LogP contribution in [0.2, 0.25) is 0 Å². The number of nitrogens with one attached hydrogen (secondary N) is 1. The minimum atomic E-state index is -0.558. The number of carbonyl (C=O) groups excluding carboxylic acids is 1. The lowest BCUT2D eigenvalue weighted by molar-refractivity contribution is -0.124. The third kappa shape index (κ3) is 1.63. The van der Waals surface area contributed by atoms with Crippen molar-refractivity contribution in [2.75, 3.05) is 0 Å². The fraction of sp³-hybridized carbons (Fsp3) is 0.364. The maximum atomic E-state index is 11.6. The molecule has 0 saturated carbocycles. The maximum absolute atomic E-state index is 11.6. The highest BCUT2D eigenvalue weighted by Gasteiger charge is 2.38. The van der Waals surface area contributed by atoms with Crippen LogP contribution in [0.15, 0.2) is 30.3 Å². The summed E-state index contributed by atoms with van der Waals surface area (Å²) in [5.41, 5.74) is 0.341. The average Bonchev–Trinajstić information content (AvgIpc) is 2.41. The Labute approximate surface area is 83.1 Å². The van der Waals surface area contributed by atoms with E-state index in [9.17, 15) is 4.79 Å². The van der Waals surface area contributed by atoms with Gasteiger partial charge in [-0.05, 0) is 19.4 Å². The molecule has 1 aliphatic rings. The van der Waals surface area contributed by atoms with Gasteiger partial charge in [-0.3, -0.25) is 4.79 Å². The SMILES string of the molecule is CC1(C)NC(=O)[C@@H](c2ccccc2)O1. The van der Waals surface area contributed by atoms with Crippen LogP contribution >= 0.6 is 0 Å². The van der Waals surface area contributed by atoms with Gasteiger partial charge in [0, 0.05) is 0 Å². The first-order valence-corrected chi connectivity index (χ1v) is 4.63. The zero-order chi connectivity index (χ0) is 10.2. The Hall–Kier alpha value is -1.35. The summed E-state index contributed by atoms with van der Waals surface area (Å²) >= 11 is 0. The van der Waals surface area contributed by atoms with Gasteiger partial charge in [-0.15, -0.1) is 0 Å². The molecule has 1 heterocycles. The molecule has 1 atom stereocenters. The molecule has 1 aromatic rings. The van der Waals surface area contributed by atoms with Crippen molar-refractivity contribution in [3.05, 3.63) is 35.9 Å². The van der Waals surface area contributed by atoms with Crippen molar-refractivity contribution in [2.24, 2.45) is 0 Å². The normalized spacial score (nSPS) is 24.7. The van der Waals surface area contributed by atoms with Gasteiger partial charge in [0.15, 0.2) is 6.10 Å². The first-order valence-electron chi connectivity index (χ1n) is 4.63. The van der Waals surface area contributed by atoms with E-state index in [1.807, 2.05) is 44.2 Å². The highest BCUT2D eigenvalue weighted by Crippen LogP contribution is 2.28. The molecule has 1 N–H and O–H groups in total. The lowest BCUT2D eigenvalue weighted by atomic mass is 10.1. The Balaban J connectivity index is 2.26. The first-order chi connectivity index (χ1) is 6.58. The summed E-state index contributed by atoms with van der Waals surface area (Å²) in [5.74, 6) is -0.0683. The first kappa shape index (κ1) is 9.21. The van der Waals surface area contributed by atoms with E-state index >= 15 is 0 Å². The molecule has 0 aromatic heterocycles. The van der Waals surface area contributed by atoms with E-state index in [0.29, 0.717) is 0 Å². The lowest BCUT2D eigenvalue weighted by Crippen LogP contribution is -2.35. The Morgan fingerprint density at radius 1 is 1.29 bits per heavy atom. The Morgan fingerprint density at radius 2 is 1.93 bits per heavy atom. The molecule has 0 aliphatic carbocycles. The number of ether oxygens (including phenoxy) is 1. The van der Waals surface area contributed by atoms with Crippen LogP contribution in [0.5, 0.6) is 0 Å². The summed E-state index contributed by atoms with van der Waals surface area (Å²) in [4.78, 5) is 11.6. The summed E-state index contributed by atoms with van der Waals surface area (Å²) in [5, 5.41) is 2.78. The van der Waals surface area contributed by atoms with Crippen molar-refractivity contribution in [1.29, 1.82) is 0 Å². The third-order valence-corrected chi connectivity index (χ3v) is 2.18. The number of hydrogen-bond donors (Lipinski definition) is 1. The highest BCUT2D eigenvalue weighted by molar-refractivity contribution is 5.84. The molecule has 0 unspecified atom stereocenters. The molecule has 0 bridgehead atoms. The van der Waals surface area contributed by atoms with E-state index in [1.54, 1.807) is 0 Å². The minimum Gasteiger partial charge on any atom is -0.339 e. The smallest absolute Gasteiger partial charge is 0.256 e. The molecule has 1 amide bonds. The number of rotatable bonds is 1. The Morgan fingerprint density at radius 3 is 2.43 bits per heavy atom. The molecular weight excluding hydrogens is 178 g/mol. The van der Waals surface area contributed by atoms with E-state index in [1.165, 1.54) is 0 Å². The highest BCUT2D eigenvalue weighted by atomic mass is 16.5. The summed E-state index contributed by atoms with van der Waals surface area (Å²) < 4.78 is 5.59. The van der Waals surface area contributed by atoms with Crippen LogP contribution in [0.4, 0.5) is 0 Å². The van der Waals surface area contributed by atoms with E-state index in [0.717, 1.165) is 5.56 Å². The zero-order valence-electron chi connectivity index (χ0n) is 8.28. The van der Waals surface area contributed by atoms with Gasteiger partial charge >= 0.3 is 0 Å². The average molecular weight is 191 g/mol. The van der Waals surface area contributed by atoms with Crippen LogP contribution in [0.25, 0.3) is 0 Å². The molecule has 14 heavy (non-hydrogen) atoms. The number of amides is 1. The van der Waals surface area contributed by atoms with Crippen LogP contribution < -0.4 is 5.32 Å². The van der Waals surface area contributed by atoms with Crippen molar-refractivity contribution in [3.63, 3.8) is 0 Å². The minimum absolute atomic E-state index is 0.0683. The predicted molar refractivity (Wildman–Crippen MR) is 52.5 cm³/mol. The van der Waals surface area contributed by atoms with Crippen molar-refractivity contribution >= 4 is 5.91 Å². The van der Waals surface area contributed by atoms with Crippen molar-refractivity contribution in [2.45, 2.75) is 25.7 Å². The predicted octanol–water partition coefficient (Wildman–Crippen LogP) is 1.61. The van der Waals surface area contributed by atoms with E-state index in [-0.39, 0.29) is 5.91 Å². The number of hydrogen-bond acceptors (Lipinski definition) is 2. The van der Waals surface area contributed by atoms with Gasteiger partial charge in [0.2, 0.25) is 0 Å².